The van der Waals surface area contributed by atoms with Gasteiger partial charge in [-0.2, -0.15) is 0 Å². The molecule has 126 valence electrons. The van der Waals surface area contributed by atoms with E-state index >= 15 is 0 Å². The molecular weight excluding hydrogens is 317 g/mol. The van der Waals surface area contributed by atoms with Crippen LogP contribution >= 0.6 is 0 Å². The molecule has 0 aliphatic heterocycles. The summed E-state index contributed by atoms with van der Waals surface area (Å²) in [6.45, 7) is 5.64. The highest BCUT2D eigenvalue weighted by atomic mass is 32.2. The molecule has 0 amide bonds. The normalized spacial score (nSPS) is 14.6. The van der Waals surface area contributed by atoms with Crippen molar-refractivity contribution in [2.45, 2.75) is 31.6 Å². The molecule has 0 spiro atoms. The number of ether oxygens (including phenoxy) is 1. The lowest BCUT2D eigenvalue weighted by Crippen LogP contribution is -2.42. The number of rotatable bonds is 5. The number of imidazole rings is 1. The first-order valence-electron chi connectivity index (χ1n) is 7.21. The van der Waals surface area contributed by atoms with Crippen molar-refractivity contribution in [1.82, 2.24) is 14.3 Å². The van der Waals surface area contributed by atoms with Gasteiger partial charge in [0.2, 0.25) is 0 Å². The monoisotopic (exact) mass is 339 g/mol. The van der Waals surface area contributed by atoms with Gasteiger partial charge < -0.3 is 13.9 Å². The van der Waals surface area contributed by atoms with Crippen molar-refractivity contribution >= 4 is 11.4 Å². The van der Waals surface area contributed by atoms with Crippen molar-refractivity contribution in [2.24, 2.45) is 7.05 Å². The van der Waals surface area contributed by atoms with Gasteiger partial charge in [0, 0.05) is 18.4 Å². The van der Waals surface area contributed by atoms with E-state index in [9.17, 15) is 8.94 Å². The molecule has 1 N–H and O–H groups in total. The SMILES string of the molecule is COc1ccc(C(N[S+]([O-])C(C)(C)C)c2cncn2C)cc1F. The first-order chi connectivity index (χ1) is 10.7. The summed E-state index contributed by atoms with van der Waals surface area (Å²) in [7, 11) is 3.26. The van der Waals surface area contributed by atoms with Crippen LogP contribution in [-0.2, 0) is 18.4 Å². The van der Waals surface area contributed by atoms with Gasteiger partial charge in [-0.25, -0.2) is 9.37 Å². The molecule has 0 saturated carbocycles. The topological polar surface area (TPSA) is 62.1 Å². The highest BCUT2D eigenvalue weighted by Crippen LogP contribution is 2.28. The Bertz CT molecular complexity index is 670. The van der Waals surface area contributed by atoms with E-state index in [1.165, 1.54) is 13.2 Å². The molecule has 2 rings (SSSR count). The summed E-state index contributed by atoms with van der Waals surface area (Å²) in [5.41, 5.74) is 1.46. The van der Waals surface area contributed by atoms with E-state index < -0.39 is 28.0 Å². The van der Waals surface area contributed by atoms with Crippen LogP contribution in [0.4, 0.5) is 4.39 Å². The molecule has 2 atom stereocenters. The minimum absolute atomic E-state index is 0.175. The lowest BCUT2D eigenvalue weighted by atomic mass is 10.0. The number of aromatic nitrogens is 2. The van der Waals surface area contributed by atoms with Crippen LogP contribution in [0.15, 0.2) is 30.7 Å². The average molecular weight is 339 g/mol. The van der Waals surface area contributed by atoms with Crippen LogP contribution in [0.5, 0.6) is 5.75 Å². The molecule has 1 heterocycles. The zero-order chi connectivity index (χ0) is 17.2. The summed E-state index contributed by atoms with van der Waals surface area (Å²) in [6.07, 6.45) is 3.34. The molecule has 7 heteroatoms. The van der Waals surface area contributed by atoms with Crippen LogP contribution in [0, 0.1) is 5.82 Å². The molecule has 0 fully saturated rings. The molecule has 1 aromatic carbocycles. The lowest BCUT2D eigenvalue weighted by Gasteiger charge is -2.28. The number of nitrogens with zero attached hydrogens (tertiary/aromatic N) is 2. The fourth-order valence-electron chi connectivity index (χ4n) is 2.09. The lowest BCUT2D eigenvalue weighted by molar-refractivity contribution is 0.386. The smallest absolute Gasteiger partial charge is 0.165 e. The van der Waals surface area contributed by atoms with Crippen molar-refractivity contribution in [3.8, 4) is 5.75 Å². The number of methoxy groups -OCH3 is 1. The third kappa shape index (κ3) is 4.04. The summed E-state index contributed by atoms with van der Waals surface area (Å²) in [5.74, 6) is -0.282. The number of nitrogens with one attached hydrogen (secondary N) is 1. The standard InChI is InChI=1S/C16H22FN3O2S/c1-16(2,3)23(21)19-15(13-9-18-10-20(13)4)11-6-7-14(22-5)12(17)8-11/h6-10,15,19H,1-5H3. The molecule has 1 aromatic heterocycles. The fraction of sp³-hybridized carbons (Fsp3) is 0.438. The molecule has 5 nitrogen and oxygen atoms in total. The van der Waals surface area contributed by atoms with Crippen LogP contribution in [0.25, 0.3) is 0 Å². The van der Waals surface area contributed by atoms with Crippen molar-refractivity contribution in [2.75, 3.05) is 7.11 Å². The van der Waals surface area contributed by atoms with E-state index in [-0.39, 0.29) is 5.75 Å². The van der Waals surface area contributed by atoms with Crippen LogP contribution in [0.1, 0.15) is 38.1 Å². The zero-order valence-electron chi connectivity index (χ0n) is 14.0. The Morgan fingerprint density at radius 2 is 2.09 bits per heavy atom. The van der Waals surface area contributed by atoms with Gasteiger partial charge in [0.05, 0.1) is 25.3 Å². The van der Waals surface area contributed by atoms with Crippen LogP contribution in [0.2, 0.25) is 0 Å². The number of aryl methyl sites for hydroxylation is 1. The summed E-state index contributed by atoms with van der Waals surface area (Å²) in [6, 6.07) is 4.27. The maximum atomic E-state index is 14.1. The predicted molar refractivity (Wildman–Crippen MR) is 89.0 cm³/mol. The van der Waals surface area contributed by atoms with Crippen molar-refractivity contribution in [3.05, 3.63) is 47.8 Å². The predicted octanol–water partition coefficient (Wildman–Crippen LogP) is 2.71. The van der Waals surface area contributed by atoms with Gasteiger partial charge in [-0.15, -0.1) is 4.72 Å². The minimum Gasteiger partial charge on any atom is -0.598 e. The van der Waals surface area contributed by atoms with E-state index in [1.807, 2.05) is 32.4 Å². The van der Waals surface area contributed by atoms with E-state index in [0.717, 1.165) is 5.69 Å². The van der Waals surface area contributed by atoms with Crippen molar-refractivity contribution in [1.29, 1.82) is 0 Å². The third-order valence-corrected chi connectivity index (χ3v) is 5.00. The molecule has 2 unspecified atom stereocenters. The summed E-state index contributed by atoms with van der Waals surface area (Å²) < 4.78 is 36.0. The van der Waals surface area contributed by atoms with Crippen molar-refractivity contribution < 1.29 is 13.7 Å². The van der Waals surface area contributed by atoms with Crippen LogP contribution < -0.4 is 9.46 Å². The summed E-state index contributed by atoms with van der Waals surface area (Å²) >= 11 is -1.32. The van der Waals surface area contributed by atoms with Crippen molar-refractivity contribution in [3.63, 3.8) is 0 Å². The van der Waals surface area contributed by atoms with E-state index in [0.29, 0.717) is 5.56 Å². The van der Waals surface area contributed by atoms with Gasteiger partial charge in [0.1, 0.15) is 10.8 Å². The second kappa shape index (κ2) is 6.90. The molecule has 23 heavy (non-hydrogen) atoms. The van der Waals surface area contributed by atoms with E-state index in [4.69, 9.17) is 4.74 Å². The molecule has 0 radical (unpaired) electrons. The molecular formula is C16H22FN3O2S. The number of benzene rings is 1. The Hall–Kier alpha value is -1.57. The highest BCUT2D eigenvalue weighted by Gasteiger charge is 2.32. The minimum atomic E-state index is -1.32. The zero-order valence-corrected chi connectivity index (χ0v) is 14.8. The Balaban J connectivity index is 2.42. The van der Waals surface area contributed by atoms with Gasteiger partial charge >= 0.3 is 0 Å². The van der Waals surface area contributed by atoms with Gasteiger partial charge in [-0.1, -0.05) is 6.07 Å². The van der Waals surface area contributed by atoms with Crippen LogP contribution in [0.3, 0.4) is 0 Å². The molecule has 0 bridgehead atoms. The molecule has 0 aliphatic rings. The number of halogens is 1. The first-order valence-corrected chi connectivity index (χ1v) is 8.36. The molecule has 2 aromatic rings. The second-order valence-corrected chi connectivity index (χ2v) is 8.25. The average Bonchev–Trinajstić information content (AvgIpc) is 2.89. The van der Waals surface area contributed by atoms with E-state index in [1.54, 1.807) is 24.7 Å². The Kier molecular flexibility index (Phi) is 5.33. The van der Waals surface area contributed by atoms with E-state index in [2.05, 4.69) is 9.71 Å². The molecule has 0 aliphatic carbocycles. The highest BCUT2D eigenvalue weighted by molar-refractivity contribution is 7.90. The Morgan fingerprint density at radius 3 is 2.57 bits per heavy atom. The third-order valence-electron chi connectivity index (χ3n) is 3.44. The fourth-order valence-corrected chi connectivity index (χ4v) is 2.92. The maximum Gasteiger partial charge on any atom is 0.165 e. The van der Waals surface area contributed by atoms with Gasteiger partial charge in [0.25, 0.3) is 0 Å². The van der Waals surface area contributed by atoms with Gasteiger partial charge in [-0.3, -0.25) is 0 Å². The Labute approximate surface area is 139 Å². The Morgan fingerprint density at radius 1 is 1.39 bits per heavy atom. The number of hydrogen-bond donors (Lipinski definition) is 1. The quantitative estimate of drug-likeness (QED) is 0.851. The van der Waals surface area contributed by atoms with Gasteiger partial charge in [0.15, 0.2) is 11.6 Å². The summed E-state index contributed by atoms with van der Waals surface area (Å²) in [5, 5.41) is 0. The summed E-state index contributed by atoms with van der Waals surface area (Å²) in [4.78, 5) is 4.10. The number of hydrogen-bond acceptors (Lipinski definition) is 4. The maximum absolute atomic E-state index is 14.1. The molecule has 0 saturated heterocycles. The van der Waals surface area contributed by atoms with Gasteiger partial charge in [-0.05, 0) is 38.5 Å². The second-order valence-electron chi connectivity index (χ2n) is 6.26. The largest absolute Gasteiger partial charge is 0.598 e. The van der Waals surface area contributed by atoms with Crippen LogP contribution in [-0.4, -0.2) is 26.0 Å². The first kappa shape index (κ1) is 17.8.